The predicted molar refractivity (Wildman–Crippen MR) is 122 cm³/mol. The monoisotopic (exact) mass is 427 g/mol. The number of nitrogens with zero attached hydrogens (tertiary/aromatic N) is 2. The number of esters is 1. The summed E-state index contributed by atoms with van der Waals surface area (Å²) in [5, 5.41) is 8.01. The number of benzene rings is 3. The van der Waals surface area contributed by atoms with Gasteiger partial charge in [0, 0.05) is 11.1 Å². The first kappa shape index (κ1) is 21.0. The molecule has 0 aliphatic rings. The topological polar surface area (TPSA) is 90.3 Å². The van der Waals surface area contributed by atoms with E-state index < -0.39 is 11.9 Å². The van der Waals surface area contributed by atoms with Gasteiger partial charge in [-0.2, -0.15) is 9.78 Å². The number of carbonyl (C=O) groups is 2. The highest BCUT2D eigenvalue weighted by Gasteiger charge is 2.18. The molecule has 0 aliphatic heterocycles. The molecule has 4 aromatic rings. The second kappa shape index (κ2) is 9.26. The quantitative estimate of drug-likeness (QED) is 0.466. The van der Waals surface area contributed by atoms with Crippen LogP contribution < -0.4 is 10.9 Å². The van der Waals surface area contributed by atoms with E-state index in [0.717, 1.165) is 6.42 Å². The highest BCUT2D eigenvalue weighted by atomic mass is 16.5. The van der Waals surface area contributed by atoms with Crippen molar-refractivity contribution in [2.45, 2.75) is 13.3 Å². The van der Waals surface area contributed by atoms with Crippen LogP contribution in [0.5, 0.6) is 0 Å². The van der Waals surface area contributed by atoms with Crippen LogP contribution in [0.25, 0.3) is 16.5 Å². The number of rotatable bonds is 6. The molecule has 0 atom stereocenters. The van der Waals surface area contributed by atoms with E-state index in [1.54, 1.807) is 72.8 Å². The van der Waals surface area contributed by atoms with Crippen LogP contribution in [0.1, 0.15) is 34.2 Å². The van der Waals surface area contributed by atoms with Crippen LogP contribution in [0.4, 0.5) is 5.69 Å². The molecule has 4 rings (SSSR count). The van der Waals surface area contributed by atoms with E-state index in [1.165, 1.54) is 4.68 Å². The molecule has 1 heterocycles. The van der Waals surface area contributed by atoms with Crippen LogP contribution in [0.2, 0.25) is 0 Å². The molecule has 0 radical (unpaired) electrons. The molecule has 0 bridgehead atoms. The van der Waals surface area contributed by atoms with Gasteiger partial charge in [-0.05, 0) is 48.9 Å². The largest absolute Gasteiger partial charge is 0.462 e. The fraction of sp³-hybridized carbons (Fsp3) is 0.120. The minimum atomic E-state index is -0.466. The van der Waals surface area contributed by atoms with Gasteiger partial charge in [-0.3, -0.25) is 9.59 Å². The molecule has 7 heteroatoms. The van der Waals surface area contributed by atoms with Crippen molar-refractivity contribution in [3.63, 3.8) is 0 Å². The lowest BCUT2D eigenvalue weighted by molar-refractivity contribution is 0.0505. The number of fused-ring (bicyclic) bond motifs is 1. The molecule has 1 aromatic heterocycles. The van der Waals surface area contributed by atoms with Crippen molar-refractivity contribution < 1.29 is 14.3 Å². The van der Waals surface area contributed by atoms with E-state index in [2.05, 4.69) is 10.4 Å². The molecule has 0 aliphatic carbocycles. The van der Waals surface area contributed by atoms with Gasteiger partial charge in [0.25, 0.3) is 11.5 Å². The molecule has 0 fully saturated rings. The summed E-state index contributed by atoms with van der Waals surface area (Å²) in [4.78, 5) is 38.0. The minimum absolute atomic E-state index is 0.121. The van der Waals surface area contributed by atoms with Gasteiger partial charge < -0.3 is 10.1 Å². The van der Waals surface area contributed by atoms with Crippen molar-refractivity contribution in [2.75, 3.05) is 11.9 Å². The Morgan fingerprint density at radius 1 is 0.906 bits per heavy atom. The molecule has 3 aromatic carbocycles. The Morgan fingerprint density at radius 2 is 1.56 bits per heavy atom. The molecular formula is C25H21N3O4. The lowest BCUT2D eigenvalue weighted by atomic mass is 10.1. The van der Waals surface area contributed by atoms with Gasteiger partial charge in [0.1, 0.15) is 0 Å². The fourth-order valence-electron chi connectivity index (χ4n) is 3.26. The van der Waals surface area contributed by atoms with Crippen LogP contribution >= 0.6 is 0 Å². The van der Waals surface area contributed by atoms with Crippen molar-refractivity contribution in [1.29, 1.82) is 0 Å². The lowest BCUT2D eigenvalue weighted by Gasteiger charge is -2.11. The van der Waals surface area contributed by atoms with Gasteiger partial charge in [0.15, 0.2) is 5.69 Å². The van der Waals surface area contributed by atoms with E-state index in [9.17, 15) is 14.4 Å². The number of ether oxygens (including phenoxy) is 1. The first-order valence-corrected chi connectivity index (χ1v) is 10.2. The maximum Gasteiger partial charge on any atom is 0.338 e. The van der Waals surface area contributed by atoms with Crippen LogP contribution in [0.15, 0.2) is 83.7 Å². The SMILES string of the molecule is CCCOC(=O)c1ccc(NC(=O)c2nn(-c3ccccc3)c(=O)c3ccccc23)cc1. The normalized spacial score (nSPS) is 10.7. The minimum Gasteiger partial charge on any atom is -0.462 e. The zero-order valence-electron chi connectivity index (χ0n) is 17.4. The molecule has 32 heavy (non-hydrogen) atoms. The fourth-order valence-corrected chi connectivity index (χ4v) is 3.26. The zero-order valence-corrected chi connectivity index (χ0v) is 17.4. The number of hydrogen-bond donors (Lipinski definition) is 1. The zero-order chi connectivity index (χ0) is 22.5. The van der Waals surface area contributed by atoms with Crippen molar-refractivity contribution in [3.8, 4) is 5.69 Å². The molecule has 0 saturated heterocycles. The number of para-hydroxylation sites is 1. The van der Waals surface area contributed by atoms with Crippen molar-refractivity contribution in [3.05, 3.63) is 100 Å². The van der Waals surface area contributed by atoms with Crippen molar-refractivity contribution in [2.24, 2.45) is 0 Å². The third-order valence-electron chi connectivity index (χ3n) is 4.84. The first-order valence-electron chi connectivity index (χ1n) is 10.2. The van der Waals surface area contributed by atoms with Crippen LogP contribution in [0.3, 0.4) is 0 Å². The Bertz CT molecular complexity index is 1330. The molecular weight excluding hydrogens is 406 g/mol. The molecule has 1 N–H and O–H groups in total. The third-order valence-corrected chi connectivity index (χ3v) is 4.84. The summed E-state index contributed by atoms with van der Waals surface area (Å²) in [5.74, 6) is -0.875. The molecule has 7 nitrogen and oxygen atoms in total. The molecule has 0 spiro atoms. The standard InChI is InChI=1S/C25H21N3O4/c1-2-16-32-25(31)17-12-14-18(15-13-17)26-23(29)22-20-10-6-7-11-21(20)24(30)28(27-22)19-8-4-3-5-9-19/h3-15H,2,16H2,1H3,(H,26,29). The summed E-state index contributed by atoms with van der Waals surface area (Å²) in [6.07, 6.45) is 0.742. The second-order valence-electron chi connectivity index (χ2n) is 7.11. The van der Waals surface area contributed by atoms with Crippen molar-refractivity contribution >= 4 is 28.3 Å². The summed E-state index contributed by atoms with van der Waals surface area (Å²) in [7, 11) is 0. The second-order valence-corrected chi connectivity index (χ2v) is 7.11. The van der Waals surface area contributed by atoms with Gasteiger partial charge in [-0.15, -0.1) is 0 Å². The van der Waals surface area contributed by atoms with Gasteiger partial charge in [0.2, 0.25) is 0 Å². The van der Waals surface area contributed by atoms with E-state index in [0.29, 0.717) is 34.3 Å². The summed E-state index contributed by atoms with van der Waals surface area (Å²) < 4.78 is 6.34. The van der Waals surface area contributed by atoms with Crippen LogP contribution in [-0.2, 0) is 4.74 Å². The van der Waals surface area contributed by atoms with E-state index in [-0.39, 0.29) is 11.3 Å². The maximum atomic E-state index is 13.1. The third kappa shape index (κ3) is 4.27. The first-order chi connectivity index (χ1) is 15.6. The number of anilines is 1. The smallest absolute Gasteiger partial charge is 0.338 e. The number of carbonyl (C=O) groups excluding carboxylic acids is 2. The average molecular weight is 427 g/mol. The number of hydrogen-bond acceptors (Lipinski definition) is 5. The van der Waals surface area contributed by atoms with E-state index in [4.69, 9.17) is 4.74 Å². The molecule has 160 valence electrons. The highest BCUT2D eigenvalue weighted by Crippen LogP contribution is 2.18. The Balaban J connectivity index is 1.67. The van der Waals surface area contributed by atoms with E-state index in [1.807, 2.05) is 13.0 Å². The van der Waals surface area contributed by atoms with Crippen LogP contribution in [-0.4, -0.2) is 28.3 Å². The Morgan fingerprint density at radius 3 is 2.25 bits per heavy atom. The van der Waals surface area contributed by atoms with Gasteiger partial charge >= 0.3 is 5.97 Å². The Hall–Kier alpha value is -4.26. The van der Waals surface area contributed by atoms with Gasteiger partial charge in [-0.1, -0.05) is 43.3 Å². The maximum absolute atomic E-state index is 13.1. The molecule has 1 amide bonds. The summed E-state index contributed by atoms with van der Waals surface area (Å²) >= 11 is 0. The highest BCUT2D eigenvalue weighted by molar-refractivity contribution is 6.11. The number of nitrogens with one attached hydrogen (secondary N) is 1. The van der Waals surface area contributed by atoms with Crippen molar-refractivity contribution in [1.82, 2.24) is 9.78 Å². The Kier molecular flexibility index (Phi) is 6.07. The lowest BCUT2D eigenvalue weighted by Crippen LogP contribution is -2.26. The average Bonchev–Trinajstić information content (AvgIpc) is 2.84. The van der Waals surface area contributed by atoms with Gasteiger partial charge in [0.05, 0.1) is 23.2 Å². The van der Waals surface area contributed by atoms with Crippen LogP contribution in [0, 0.1) is 0 Å². The number of aromatic nitrogens is 2. The predicted octanol–water partition coefficient (Wildman–Crippen LogP) is 4.20. The molecule has 0 saturated carbocycles. The summed E-state index contributed by atoms with van der Waals surface area (Å²) in [6.45, 7) is 2.28. The van der Waals surface area contributed by atoms with Gasteiger partial charge in [-0.25, -0.2) is 4.79 Å². The summed E-state index contributed by atoms with van der Waals surface area (Å²) in [5.41, 5.74) is 1.27. The summed E-state index contributed by atoms with van der Waals surface area (Å²) in [6, 6.07) is 22.2. The van der Waals surface area contributed by atoms with E-state index >= 15 is 0 Å². The number of amides is 1. The molecule has 0 unspecified atom stereocenters. The Labute approximate surface area is 184 Å².